The van der Waals surface area contributed by atoms with Crippen LogP contribution in [0.5, 0.6) is 5.88 Å². The maximum absolute atomic E-state index is 5.65. The molecule has 0 unspecified atom stereocenters. The minimum atomic E-state index is 0.369. The van der Waals surface area contributed by atoms with E-state index in [-0.39, 0.29) is 0 Å². The molecule has 66 valence electrons. The second kappa shape index (κ2) is 3.87. The van der Waals surface area contributed by atoms with Crippen LogP contribution in [-0.2, 0) is 0 Å². The normalized spacial score (nSPS) is 19.3. The number of aromatic nitrogens is 1. The Morgan fingerprint density at radius 1 is 1.50 bits per heavy atom. The largest absolute Gasteiger partial charge is 0.474 e. The lowest BCUT2D eigenvalue weighted by Crippen LogP contribution is -2.34. The third kappa shape index (κ3) is 1.95. The van der Waals surface area contributed by atoms with Gasteiger partial charge in [0.15, 0.2) is 0 Å². The van der Waals surface area contributed by atoms with E-state index in [4.69, 9.17) is 4.74 Å². The Morgan fingerprint density at radius 2 is 2.33 bits per heavy atom. The highest BCUT2D eigenvalue weighted by Gasteiger charge is 2.14. The molecular weight excluding hydrogens is 172 g/mol. The predicted octanol–water partition coefficient (Wildman–Crippen LogP) is 1.27. The Balaban J connectivity index is 1.86. The number of nitrogens with zero attached hydrogens (tertiary/aromatic N) is 1. The molecule has 0 aromatic carbocycles. The number of rotatable bonds is 2. The van der Waals surface area contributed by atoms with E-state index in [2.05, 4.69) is 10.3 Å². The van der Waals surface area contributed by atoms with Crippen molar-refractivity contribution in [1.29, 1.82) is 0 Å². The van der Waals surface area contributed by atoms with Gasteiger partial charge in [-0.25, -0.2) is 4.98 Å². The molecule has 0 atom stereocenters. The van der Waals surface area contributed by atoms with Crippen LogP contribution in [0.4, 0.5) is 0 Å². The fourth-order valence-electron chi connectivity index (χ4n) is 1.34. The van der Waals surface area contributed by atoms with E-state index in [1.54, 1.807) is 16.8 Å². The van der Waals surface area contributed by atoms with Crippen LogP contribution in [0.3, 0.4) is 0 Å². The summed E-state index contributed by atoms with van der Waals surface area (Å²) >= 11 is 1.58. The second-order valence-corrected chi connectivity index (χ2v) is 3.61. The maximum Gasteiger partial charge on any atom is 0.224 e. The van der Waals surface area contributed by atoms with Gasteiger partial charge >= 0.3 is 0 Å². The molecule has 1 aromatic rings. The van der Waals surface area contributed by atoms with Gasteiger partial charge in [0.05, 0.1) is 10.9 Å². The molecule has 2 rings (SSSR count). The van der Waals surface area contributed by atoms with Crippen LogP contribution in [0.2, 0.25) is 0 Å². The molecule has 12 heavy (non-hydrogen) atoms. The van der Waals surface area contributed by atoms with Crippen LogP contribution in [0.1, 0.15) is 12.8 Å². The van der Waals surface area contributed by atoms with Crippen molar-refractivity contribution in [1.82, 2.24) is 10.3 Å². The highest BCUT2D eigenvalue weighted by molar-refractivity contribution is 7.07. The number of nitrogens with one attached hydrogen (secondary N) is 1. The molecule has 0 saturated carbocycles. The van der Waals surface area contributed by atoms with Gasteiger partial charge in [-0.1, -0.05) is 0 Å². The first-order chi connectivity index (χ1) is 5.95. The van der Waals surface area contributed by atoms with Crippen LogP contribution >= 0.6 is 11.3 Å². The zero-order chi connectivity index (χ0) is 8.23. The average Bonchev–Trinajstić information content (AvgIpc) is 2.59. The Hall–Kier alpha value is -0.610. The van der Waals surface area contributed by atoms with Crippen molar-refractivity contribution >= 4 is 11.3 Å². The van der Waals surface area contributed by atoms with E-state index in [0.717, 1.165) is 31.8 Å². The summed E-state index contributed by atoms with van der Waals surface area (Å²) in [7, 11) is 0. The maximum atomic E-state index is 5.65. The Labute approximate surface area is 75.8 Å². The van der Waals surface area contributed by atoms with Gasteiger partial charge in [0.2, 0.25) is 5.88 Å². The standard InChI is InChI=1S/C8H12N2OS/c1-3-9-4-2-7(1)11-8-5-12-6-10-8/h5-7,9H,1-4H2. The summed E-state index contributed by atoms with van der Waals surface area (Å²) in [5.41, 5.74) is 1.80. The third-order valence-corrected chi connectivity index (χ3v) is 2.55. The fraction of sp³-hybridized carbons (Fsp3) is 0.625. The van der Waals surface area contributed by atoms with E-state index in [0.29, 0.717) is 6.10 Å². The molecule has 1 aliphatic rings. The SMILES string of the molecule is c1nc(OC2CCNCC2)cs1. The summed E-state index contributed by atoms with van der Waals surface area (Å²) in [6.45, 7) is 2.13. The number of hydrogen-bond acceptors (Lipinski definition) is 4. The van der Waals surface area contributed by atoms with Gasteiger partial charge in [-0.3, -0.25) is 0 Å². The first-order valence-electron chi connectivity index (χ1n) is 4.21. The second-order valence-electron chi connectivity index (χ2n) is 2.89. The van der Waals surface area contributed by atoms with Crippen molar-refractivity contribution in [3.63, 3.8) is 0 Å². The molecular formula is C8H12N2OS. The van der Waals surface area contributed by atoms with E-state index in [9.17, 15) is 0 Å². The molecule has 1 fully saturated rings. The molecule has 4 heteroatoms. The number of hydrogen-bond donors (Lipinski definition) is 1. The molecule has 0 radical (unpaired) electrons. The minimum absolute atomic E-state index is 0.369. The first kappa shape index (κ1) is 8.01. The summed E-state index contributed by atoms with van der Waals surface area (Å²) in [6.07, 6.45) is 2.56. The number of ether oxygens (including phenoxy) is 1. The van der Waals surface area contributed by atoms with Gasteiger partial charge in [-0.15, -0.1) is 11.3 Å². The molecule has 1 aliphatic heterocycles. The Bertz CT molecular complexity index is 219. The van der Waals surface area contributed by atoms with Crippen molar-refractivity contribution in [2.24, 2.45) is 0 Å². The Morgan fingerprint density at radius 3 is 3.00 bits per heavy atom. The van der Waals surface area contributed by atoms with E-state index in [1.807, 2.05) is 5.38 Å². The predicted molar refractivity (Wildman–Crippen MR) is 48.6 cm³/mol. The van der Waals surface area contributed by atoms with Crippen LogP contribution in [-0.4, -0.2) is 24.2 Å². The summed E-state index contributed by atoms with van der Waals surface area (Å²) in [4.78, 5) is 4.09. The van der Waals surface area contributed by atoms with Gasteiger partial charge in [0, 0.05) is 0 Å². The molecule has 0 aliphatic carbocycles. The molecule has 0 spiro atoms. The molecule has 1 saturated heterocycles. The summed E-state index contributed by atoms with van der Waals surface area (Å²) in [6, 6.07) is 0. The van der Waals surface area contributed by atoms with Gasteiger partial charge in [-0.2, -0.15) is 0 Å². The summed E-state index contributed by atoms with van der Waals surface area (Å²) < 4.78 is 5.65. The quantitative estimate of drug-likeness (QED) is 0.751. The van der Waals surface area contributed by atoms with Crippen molar-refractivity contribution in [2.45, 2.75) is 18.9 Å². The van der Waals surface area contributed by atoms with Crippen LogP contribution in [0.15, 0.2) is 10.9 Å². The van der Waals surface area contributed by atoms with Crippen LogP contribution in [0, 0.1) is 0 Å². The van der Waals surface area contributed by atoms with Crippen LogP contribution in [0.25, 0.3) is 0 Å². The van der Waals surface area contributed by atoms with Crippen molar-refractivity contribution in [2.75, 3.05) is 13.1 Å². The molecule has 1 N–H and O–H groups in total. The zero-order valence-electron chi connectivity index (χ0n) is 6.82. The van der Waals surface area contributed by atoms with Crippen molar-refractivity contribution in [3.05, 3.63) is 10.9 Å². The summed E-state index contributed by atoms with van der Waals surface area (Å²) in [5.74, 6) is 0.784. The molecule has 0 bridgehead atoms. The van der Waals surface area contributed by atoms with Gasteiger partial charge < -0.3 is 10.1 Å². The lowest BCUT2D eigenvalue weighted by atomic mass is 10.1. The lowest BCUT2D eigenvalue weighted by Gasteiger charge is -2.22. The highest BCUT2D eigenvalue weighted by Crippen LogP contribution is 2.15. The lowest BCUT2D eigenvalue weighted by molar-refractivity contribution is 0.157. The monoisotopic (exact) mass is 184 g/mol. The Kier molecular flexibility index (Phi) is 2.58. The van der Waals surface area contributed by atoms with Crippen LogP contribution < -0.4 is 10.1 Å². The van der Waals surface area contributed by atoms with Gasteiger partial charge in [0.1, 0.15) is 6.10 Å². The highest BCUT2D eigenvalue weighted by atomic mass is 32.1. The topological polar surface area (TPSA) is 34.1 Å². The van der Waals surface area contributed by atoms with Crippen molar-refractivity contribution in [3.8, 4) is 5.88 Å². The fourth-order valence-corrected chi connectivity index (χ4v) is 1.80. The molecule has 0 amide bonds. The molecule has 1 aromatic heterocycles. The van der Waals surface area contributed by atoms with E-state index in [1.165, 1.54) is 0 Å². The molecule has 2 heterocycles. The van der Waals surface area contributed by atoms with Crippen molar-refractivity contribution < 1.29 is 4.74 Å². The summed E-state index contributed by atoms with van der Waals surface area (Å²) in [5, 5.41) is 5.24. The number of piperidine rings is 1. The minimum Gasteiger partial charge on any atom is -0.474 e. The van der Waals surface area contributed by atoms with Gasteiger partial charge in [-0.05, 0) is 25.9 Å². The third-order valence-electron chi connectivity index (χ3n) is 1.98. The number of thiazole rings is 1. The van der Waals surface area contributed by atoms with E-state index >= 15 is 0 Å². The smallest absolute Gasteiger partial charge is 0.224 e. The average molecular weight is 184 g/mol. The molecule has 3 nitrogen and oxygen atoms in total. The van der Waals surface area contributed by atoms with E-state index < -0.39 is 0 Å². The first-order valence-corrected chi connectivity index (χ1v) is 5.15. The zero-order valence-corrected chi connectivity index (χ0v) is 7.64. The van der Waals surface area contributed by atoms with Gasteiger partial charge in [0.25, 0.3) is 0 Å².